The lowest BCUT2D eigenvalue weighted by Gasteiger charge is -2.07. The Hall–Kier alpha value is -0.260. The number of carbonyl (C=O) groups is 1. The van der Waals surface area contributed by atoms with Crippen molar-refractivity contribution in [1.29, 1.82) is 0 Å². The Kier molecular flexibility index (Phi) is 7.47. The van der Waals surface area contributed by atoms with Gasteiger partial charge in [-0.05, 0) is 20.8 Å². The fourth-order valence-electron chi connectivity index (χ4n) is 0. The fourth-order valence-corrected chi connectivity index (χ4v) is 0. The second-order valence-corrected chi connectivity index (χ2v) is 4.01. The first-order valence-corrected chi connectivity index (χ1v) is 3.91. The first kappa shape index (κ1) is 14.3. The van der Waals surface area contributed by atoms with E-state index in [1.54, 1.807) is 0 Å². The minimum absolute atomic E-state index is 0.139. The second-order valence-electron chi connectivity index (χ2n) is 2.90. The summed E-state index contributed by atoms with van der Waals surface area (Å²) in [5.74, 6) is -0.893. The van der Waals surface area contributed by atoms with Crippen molar-refractivity contribution in [2.75, 3.05) is 6.61 Å². The van der Waals surface area contributed by atoms with Crippen LogP contribution in [0, 0.1) is 0 Å². The molecule has 3 N–H and O–H groups in total. The van der Waals surface area contributed by atoms with Gasteiger partial charge in [-0.3, -0.25) is 4.79 Å². The summed E-state index contributed by atoms with van der Waals surface area (Å²) in [6.45, 7) is 4.44. The van der Waals surface area contributed by atoms with Gasteiger partial charge in [-0.1, -0.05) is 0 Å². The molecule has 0 saturated carbocycles. The summed E-state index contributed by atoms with van der Waals surface area (Å²) in [6.07, 6.45) is -0.560. The van der Waals surface area contributed by atoms with E-state index < -0.39 is 16.8 Å². The maximum atomic E-state index is 9.94. The number of aliphatic hydroxyl groups is 2. The van der Waals surface area contributed by atoms with Crippen molar-refractivity contribution in [3.63, 3.8) is 0 Å². The lowest BCUT2D eigenvalue weighted by Crippen LogP contribution is -2.23. The number of hydrogen-bond acceptors (Lipinski definition) is 4. The molecule has 0 aromatic heterocycles. The Labute approximate surface area is 77.6 Å². The average molecular weight is 196 g/mol. The van der Waals surface area contributed by atoms with Crippen molar-refractivity contribution in [3.8, 4) is 0 Å². The lowest BCUT2D eigenvalue weighted by molar-refractivity contribution is -0.138. The minimum atomic E-state index is -0.893. The number of aliphatic carboxylic acids is 1. The third-order valence-corrected chi connectivity index (χ3v) is 0.979. The molecule has 0 aliphatic heterocycles. The van der Waals surface area contributed by atoms with E-state index in [-0.39, 0.29) is 6.61 Å². The minimum Gasteiger partial charge on any atom is -0.480 e. The van der Waals surface area contributed by atoms with E-state index in [1.807, 2.05) is 0 Å². The Morgan fingerprint density at radius 2 is 1.75 bits per heavy atom. The summed E-state index contributed by atoms with van der Waals surface area (Å²) < 4.78 is -0.889. The average Bonchev–Trinajstić information content (AvgIpc) is 1.87. The van der Waals surface area contributed by atoms with Crippen LogP contribution in [0.25, 0.3) is 0 Å². The molecule has 74 valence electrons. The van der Waals surface area contributed by atoms with E-state index in [0.717, 1.165) is 0 Å². The van der Waals surface area contributed by atoms with Crippen LogP contribution in [0.5, 0.6) is 0 Å². The van der Waals surface area contributed by atoms with Gasteiger partial charge in [0, 0.05) is 0 Å². The third kappa shape index (κ3) is 12.4. The van der Waals surface area contributed by atoms with Gasteiger partial charge in [-0.25, -0.2) is 0 Å². The molecule has 0 fully saturated rings. The van der Waals surface area contributed by atoms with Gasteiger partial charge in [-0.2, -0.15) is 12.6 Å². The highest BCUT2D eigenvalue weighted by atomic mass is 32.1. The predicted octanol–water partition coefficient (Wildman–Crippen LogP) is 0.139. The topological polar surface area (TPSA) is 77.8 Å². The highest BCUT2D eigenvalue weighted by molar-refractivity contribution is 7.82. The van der Waals surface area contributed by atoms with Gasteiger partial charge in [0.2, 0.25) is 0 Å². The molecule has 1 atom stereocenters. The molecule has 1 unspecified atom stereocenters. The Bertz CT molecular complexity index is 128. The maximum Gasteiger partial charge on any atom is 0.318 e. The molecule has 12 heavy (non-hydrogen) atoms. The van der Waals surface area contributed by atoms with Crippen molar-refractivity contribution in [2.45, 2.75) is 31.6 Å². The van der Waals surface area contributed by atoms with E-state index in [1.165, 1.54) is 20.8 Å². The van der Waals surface area contributed by atoms with Gasteiger partial charge in [0.15, 0.2) is 0 Å². The largest absolute Gasteiger partial charge is 0.480 e. The van der Waals surface area contributed by atoms with E-state index in [0.29, 0.717) is 0 Å². The molecule has 5 heteroatoms. The molecular weight excluding hydrogens is 180 g/mol. The molecule has 0 aliphatic carbocycles. The molecule has 4 nitrogen and oxygen atoms in total. The highest BCUT2D eigenvalue weighted by Gasteiger charge is 2.20. The molecule has 0 aliphatic rings. The molecule has 0 heterocycles. The monoisotopic (exact) mass is 196 g/mol. The number of rotatable bonds is 2. The molecule has 0 aromatic carbocycles. The first-order chi connectivity index (χ1) is 5.21. The van der Waals surface area contributed by atoms with E-state index in [2.05, 4.69) is 12.6 Å². The van der Waals surface area contributed by atoms with Crippen LogP contribution in [0.2, 0.25) is 0 Å². The van der Waals surface area contributed by atoms with Gasteiger partial charge >= 0.3 is 5.97 Å². The summed E-state index contributed by atoms with van der Waals surface area (Å²) in [7, 11) is 0. The molecule has 0 amide bonds. The van der Waals surface area contributed by atoms with Gasteiger partial charge in [0.25, 0.3) is 0 Å². The van der Waals surface area contributed by atoms with Crippen LogP contribution in [-0.4, -0.2) is 38.7 Å². The van der Waals surface area contributed by atoms with Gasteiger partial charge in [-0.15, -0.1) is 0 Å². The molecule has 0 bridgehead atoms. The predicted molar refractivity (Wildman–Crippen MR) is 49.5 cm³/mol. The molecule has 0 aromatic rings. The van der Waals surface area contributed by atoms with E-state index >= 15 is 0 Å². The maximum absolute atomic E-state index is 9.94. The zero-order valence-corrected chi connectivity index (χ0v) is 8.38. The zero-order chi connectivity index (χ0) is 10.4. The van der Waals surface area contributed by atoms with Crippen molar-refractivity contribution in [1.82, 2.24) is 0 Å². The second kappa shape index (κ2) is 6.28. The number of carboxylic acid groups (broad SMARTS) is 1. The van der Waals surface area contributed by atoms with Crippen LogP contribution in [0.4, 0.5) is 0 Å². The van der Waals surface area contributed by atoms with Crippen LogP contribution in [0.1, 0.15) is 20.8 Å². The van der Waals surface area contributed by atoms with Crippen LogP contribution >= 0.6 is 12.6 Å². The SMILES string of the molecule is CC(C)(S)C(=O)O.CC(O)CO. The number of carboxylic acids is 1. The van der Waals surface area contributed by atoms with E-state index in [9.17, 15) is 4.79 Å². The molecular formula is C7H16O4S. The van der Waals surface area contributed by atoms with Crippen molar-refractivity contribution < 1.29 is 20.1 Å². The Morgan fingerprint density at radius 3 is 1.75 bits per heavy atom. The van der Waals surface area contributed by atoms with Gasteiger partial charge < -0.3 is 15.3 Å². The standard InChI is InChI=1S/C4H8O2S.C3H8O2/c1-4(2,7)3(5)6;1-3(5)2-4/h7H,1-2H3,(H,5,6);3-5H,2H2,1H3. The number of aliphatic hydroxyl groups excluding tert-OH is 2. The Balaban J connectivity index is 0. The zero-order valence-electron chi connectivity index (χ0n) is 7.48. The molecule has 0 saturated heterocycles. The number of hydrogen-bond donors (Lipinski definition) is 4. The molecule has 0 spiro atoms. The quantitative estimate of drug-likeness (QED) is 0.474. The van der Waals surface area contributed by atoms with Gasteiger partial charge in [0.05, 0.1) is 12.7 Å². The summed E-state index contributed by atoms with van der Waals surface area (Å²) in [5, 5.41) is 24.2. The summed E-state index contributed by atoms with van der Waals surface area (Å²) in [4.78, 5) is 9.94. The Morgan fingerprint density at radius 1 is 1.58 bits per heavy atom. The third-order valence-electron chi connectivity index (χ3n) is 0.788. The van der Waals surface area contributed by atoms with Gasteiger partial charge in [0.1, 0.15) is 4.75 Å². The van der Waals surface area contributed by atoms with Crippen molar-refractivity contribution in [3.05, 3.63) is 0 Å². The van der Waals surface area contributed by atoms with Crippen LogP contribution < -0.4 is 0 Å². The summed E-state index contributed by atoms with van der Waals surface area (Å²) >= 11 is 3.75. The van der Waals surface area contributed by atoms with Crippen molar-refractivity contribution in [2.24, 2.45) is 0 Å². The van der Waals surface area contributed by atoms with Crippen molar-refractivity contribution >= 4 is 18.6 Å². The lowest BCUT2D eigenvalue weighted by atomic mass is 10.2. The molecule has 0 radical (unpaired) electrons. The van der Waals surface area contributed by atoms with Crippen LogP contribution in [0.3, 0.4) is 0 Å². The van der Waals surface area contributed by atoms with E-state index in [4.69, 9.17) is 15.3 Å². The highest BCUT2D eigenvalue weighted by Crippen LogP contribution is 2.10. The molecule has 0 rings (SSSR count). The van der Waals surface area contributed by atoms with Crippen LogP contribution in [0.15, 0.2) is 0 Å². The van der Waals surface area contributed by atoms with Crippen LogP contribution in [-0.2, 0) is 4.79 Å². The smallest absolute Gasteiger partial charge is 0.318 e. The summed E-state index contributed by atoms with van der Waals surface area (Å²) in [6, 6.07) is 0. The first-order valence-electron chi connectivity index (χ1n) is 3.46. The summed E-state index contributed by atoms with van der Waals surface area (Å²) in [5.41, 5.74) is 0. The fraction of sp³-hybridized carbons (Fsp3) is 0.857. The number of thiol groups is 1. The normalized spacial score (nSPS) is 12.8.